The third-order valence-electron chi connectivity index (χ3n) is 6.62. The van der Waals surface area contributed by atoms with E-state index in [4.69, 9.17) is 14.2 Å². The van der Waals surface area contributed by atoms with Crippen LogP contribution < -0.4 is 24.8 Å². The Bertz CT molecular complexity index is 1390. The number of anilines is 2. The predicted molar refractivity (Wildman–Crippen MR) is 150 cm³/mol. The molecule has 2 amide bonds. The van der Waals surface area contributed by atoms with Crippen LogP contribution in [-0.4, -0.2) is 63.1 Å². The normalized spacial score (nSPS) is 14.4. The Morgan fingerprint density at radius 3 is 2.12 bits per heavy atom. The van der Waals surface area contributed by atoms with E-state index >= 15 is 4.39 Å². The molecule has 4 rings (SSSR count). The molecular formula is C30H32FN3O7. The van der Waals surface area contributed by atoms with Crippen LogP contribution in [0.25, 0.3) is 0 Å². The highest BCUT2D eigenvalue weighted by atomic mass is 19.2. The second kappa shape index (κ2) is 13.1. The van der Waals surface area contributed by atoms with E-state index in [9.17, 15) is 14.4 Å². The average Bonchev–Trinajstić information content (AvgIpc) is 3.54. The number of likely N-dealkylation sites (tertiary alicyclic amines) is 1. The number of nitrogens with one attached hydrogen (secondary N) is 2. The molecule has 1 unspecified atom stereocenters. The van der Waals surface area contributed by atoms with Crippen molar-refractivity contribution in [1.29, 1.82) is 0 Å². The van der Waals surface area contributed by atoms with Gasteiger partial charge in [0.25, 0.3) is 0 Å². The molecular weight excluding hydrogens is 533 g/mol. The maximum Gasteiger partial charge on any atom is 0.371 e. The summed E-state index contributed by atoms with van der Waals surface area (Å²) in [6, 6.07) is 16.9. The zero-order valence-corrected chi connectivity index (χ0v) is 23.1. The lowest BCUT2D eigenvalue weighted by atomic mass is 10.1. The monoisotopic (exact) mass is 565 g/mol. The van der Waals surface area contributed by atoms with Crippen molar-refractivity contribution in [3.05, 3.63) is 77.9 Å². The summed E-state index contributed by atoms with van der Waals surface area (Å²) in [5.74, 6) is -3.18. The van der Waals surface area contributed by atoms with Gasteiger partial charge in [0, 0.05) is 19.5 Å². The maximum absolute atomic E-state index is 16.4. The number of methoxy groups -OCH3 is 3. The molecule has 1 aliphatic rings. The van der Waals surface area contributed by atoms with Crippen LogP contribution in [0.4, 0.5) is 20.6 Å². The molecule has 10 nitrogen and oxygen atoms in total. The van der Waals surface area contributed by atoms with Gasteiger partial charge in [0.2, 0.25) is 5.78 Å². The van der Waals surface area contributed by atoms with Gasteiger partial charge in [0.05, 0.1) is 38.3 Å². The van der Waals surface area contributed by atoms with Crippen LogP contribution >= 0.6 is 0 Å². The second-order valence-electron chi connectivity index (χ2n) is 9.29. The third-order valence-corrected chi connectivity index (χ3v) is 6.62. The number of ketones is 1. The first-order valence-electron chi connectivity index (χ1n) is 13.0. The Labute approximate surface area is 237 Å². The van der Waals surface area contributed by atoms with Crippen LogP contribution in [-0.2, 0) is 16.0 Å². The topological polar surface area (TPSA) is 115 Å². The third kappa shape index (κ3) is 6.93. The molecule has 0 aliphatic carbocycles. The number of hydrogen-bond donors (Lipinski definition) is 2. The van der Waals surface area contributed by atoms with Crippen molar-refractivity contribution in [1.82, 2.24) is 4.90 Å². The van der Waals surface area contributed by atoms with Gasteiger partial charge in [0.15, 0.2) is 0 Å². The van der Waals surface area contributed by atoms with Gasteiger partial charge in [-0.25, -0.2) is 14.5 Å². The van der Waals surface area contributed by atoms with Crippen LogP contribution in [0.3, 0.4) is 0 Å². The summed E-state index contributed by atoms with van der Waals surface area (Å²) in [7, 11) is 4.19. The zero-order chi connectivity index (χ0) is 29.4. The van der Waals surface area contributed by atoms with Crippen molar-refractivity contribution in [2.24, 2.45) is 0 Å². The highest BCUT2D eigenvalue weighted by Gasteiger charge is 2.48. The molecule has 3 aromatic carbocycles. The number of ether oxygens (including phenoxy) is 4. The first kappa shape index (κ1) is 29.3. The smallest absolute Gasteiger partial charge is 0.371 e. The van der Waals surface area contributed by atoms with Crippen LogP contribution in [0.2, 0.25) is 0 Å². The Hall–Kier alpha value is -4.64. The van der Waals surface area contributed by atoms with Gasteiger partial charge in [-0.05, 0) is 66.9 Å². The number of hydrogen-bond acceptors (Lipinski definition) is 8. The second-order valence-corrected chi connectivity index (χ2v) is 9.29. The fourth-order valence-corrected chi connectivity index (χ4v) is 4.50. The van der Waals surface area contributed by atoms with Crippen LogP contribution in [0.1, 0.15) is 28.8 Å². The summed E-state index contributed by atoms with van der Waals surface area (Å²) in [6.45, 7) is 0.714. The van der Waals surface area contributed by atoms with E-state index in [1.807, 2.05) is 0 Å². The molecule has 0 bridgehead atoms. The molecule has 1 saturated heterocycles. The lowest BCUT2D eigenvalue weighted by Crippen LogP contribution is -2.55. The number of amides is 2. The number of carbonyl (C=O) groups excluding carboxylic acids is 3. The number of carbonyl (C=O) groups is 3. The zero-order valence-electron chi connectivity index (χ0n) is 23.1. The largest absolute Gasteiger partial charge is 0.495 e. The van der Waals surface area contributed by atoms with Crippen molar-refractivity contribution in [2.75, 3.05) is 45.1 Å². The molecule has 1 atom stereocenters. The Morgan fingerprint density at radius 2 is 1.49 bits per heavy atom. The number of alkyl halides is 1. The fraction of sp³-hybridized carbons (Fsp3) is 0.300. The number of benzene rings is 3. The average molecular weight is 566 g/mol. The number of halogens is 1. The SMILES string of the molecule is COC(=O)c1ccc(OC(F)(C(=O)Cc2ccc(NC(=O)Nc3ccccc3OC)c(OC)c2)N2CCCC2)cc1. The summed E-state index contributed by atoms with van der Waals surface area (Å²) < 4.78 is 37.5. The first-order chi connectivity index (χ1) is 19.8. The minimum Gasteiger partial charge on any atom is -0.495 e. The quantitative estimate of drug-likeness (QED) is 0.245. The van der Waals surface area contributed by atoms with E-state index in [-0.39, 0.29) is 23.5 Å². The Morgan fingerprint density at radius 1 is 0.854 bits per heavy atom. The van der Waals surface area contributed by atoms with E-state index in [0.717, 1.165) is 12.8 Å². The van der Waals surface area contributed by atoms with Gasteiger partial charge in [-0.3, -0.25) is 4.79 Å². The van der Waals surface area contributed by atoms with Crippen molar-refractivity contribution >= 4 is 29.2 Å². The van der Waals surface area contributed by atoms with Gasteiger partial charge < -0.3 is 29.6 Å². The molecule has 11 heteroatoms. The molecule has 1 aliphatic heterocycles. The highest BCUT2D eigenvalue weighted by molar-refractivity contribution is 6.01. The Balaban J connectivity index is 1.49. The lowest BCUT2D eigenvalue weighted by Gasteiger charge is -2.33. The first-order valence-corrected chi connectivity index (χ1v) is 13.0. The van der Waals surface area contributed by atoms with E-state index in [2.05, 4.69) is 15.4 Å². The van der Waals surface area contributed by atoms with E-state index in [1.54, 1.807) is 42.5 Å². The van der Waals surface area contributed by atoms with Gasteiger partial charge in [-0.1, -0.05) is 18.2 Å². The molecule has 41 heavy (non-hydrogen) atoms. The number of urea groups is 1. The van der Waals surface area contributed by atoms with E-state index < -0.39 is 23.8 Å². The number of esters is 1. The summed E-state index contributed by atoms with van der Waals surface area (Å²) in [5.41, 5.74) is 1.57. The van der Waals surface area contributed by atoms with Crippen molar-refractivity contribution in [3.8, 4) is 17.2 Å². The molecule has 2 N–H and O–H groups in total. The highest BCUT2D eigenvalue weighted by Crippen LogP contribution is 2.32. The molecule has 1 heterocycles. The standard InChI is InChI=1S/C30H32FN3O7/c1-38-25-9-5-4-8-23(25)32-29(37)33-24-15-10-20(18-26(24)39-2)19-27(35)30(31,34-16-6-7-17-34)41-22-13-11-21(12-14-22)28(36)40-3/h4-5,8-15,18H,6-7,16-17,19H2,1-3H3,(H2,32,33,37). The molecule has 0 aromatic heterocycles. The van der Waals surface area contributed by atoms with Crippen molar-refractivity contribution in [3.63, 3.8) is 0 Å². The summed E-state index contributed by atoms with van der Waals surface area (Å²) in [6.07, 6.45) is 1.17. The van der Waals surface area contributed by atoms with Crippen LogP contribution in [0.5, 0.6) is 17.2 Å². The van der Waals surface area contributed by atoms with E-state index in [1.165, 1.54) is 50.5 Å². The van der Waals surface area contributed by atoms with Crippen molar-refractivity contribution < 1.29 is 37.7 Å². The minimum atomic E-state index is -2.72. The number of Topliss-reactive ketones (excluding diaryl/α,β-unsaturated/α-hetero) is 1. The van der Waals surface area contributed by atoms with Gasteiger partial charge in [0.1, 0.15) is 17.2 Å². The molecule has 216 valence electrons. The number of para-hydroxylation sites is 2. The minimum absolute atomic E-state index is 0.0959. The molecule has 3 aromatic rings. The van der Waals surface area contributed by atoms with Crippen LogP contribution in [0, 0.1) is 0 Å². The molecule has 0 radical (unpaired) electrons. The predicted octanol–water partition coefficient (Wildman–Crippen LogP) is 5.04. The van der Waals surface area contributed by atoms with E-state index in [0.29, 0.717) is 35.8 Å². The molecule has 0 spiro atoms. The van der Waals surface area contributed by atoms with Gasteiger partial charge in [-0.15, -0.1) is 0 Å². The number of rotatable bonds is 11. The van der Waals surface area contributed by atoms with Gasteiger partial charge >= 0.3 is 18.0 Å². The molecule has 0 saturated carbocycles. The fourth-order valence-electron chi connectivity index (χ4n) is 4.50. The van der Waals surface area contributed by atoms with Crippen molar-refractivity contribution in [2.45, 2.75) is 25.2 Å². The lowest BCUT2D eigenvalue weighted by molar-refractivity contribution is -0.191. The van der Waals surface area contributed by atoms with Crippen LogP contribution in [0.15, 0.2) is 66.7 Å². The maximum atomic E-state index is 16.4. The Kier molecular flexibility index (Phi) is 9.41. The van der Waals surface area contributed by atoms with Gasteiger partial charge in [-0.2, -0.15) is 4.39 Å². The summed E-state index contributed by atoms with van der Waals surface area (Å²) in [4.78, 5) is 39.2. The molecule has 1 fully saturated rings. The summed E-state index contributed by atoms with van der Waals surface area (Å²) >= 11 is 0. The summed E-state index contributed by atoms with van der Waals surface area (Å²) in [5, 5.41) is 5.42. The number of nitrogens with zero attached hydrogens (tertiary/aromatic N) is 1.